The van der Waals surface area contributed by atoms with Crippen LogP contribution in [0, 0.1) is 0 Å². The van der Waals surface area contributed by atoms with Crippen LogP contribution in [0.4, 0.5) is 5.69 Å². The highest BCUT2D eigenvalue weighted by molar-refractivity contribution is 6.22. The number of nitrogens with zero attached hydrogens (tertiary/aromatic N) is 1. The first kappa shape index (κ1) is 19.9. The average molecular weight is 394 g/mol. The number of fused-ring (bicyclic) bond motifs is 1. The molecule has 1 aliphatic rings. The normalized spacial score (nSPS) is 13.7. The zero-order valence-electron chi connectivity index (χ0n) is 15.8. The van der Waals surface area contributed by atoms with Gasteiger partial charge in [0, 0.05) is 11.3 Å². The number of rotatable bonds is 6. The second kappa shape index (κ2) is 8.05. The zero-order valence-corrected chi connectivity index (χ0v) is 15.8. The molecule has 148 valence electrons. The van der Waals surface area contributed by atoms with E-state index >= 15 is 0 Å². The van der Waals surface area contributed by atoms with Crippen molar-refractivity contribution in [2.75, 3.05) is 11.9 Å². The van der Waals surface area contributed by atoms with Crippen molar-refractivity contribution in [2.45, 2.75) is 20.0 Å². The molecule has 0 saturated heterocycles. The van der Waals surface area contributed by atoms with Crippen LogP contribution in [0.25, 0.3) is 0 Å². The molecule has 1 heterocycles. The van der Waals surface area contributed by atoms with E-state index in [1.165, 1.54) is 32.0 Å². The van der Waals surface area contributed by atoms with Crippen LogP contribution in [-0.2, 0) is 14.3 Å². The van der Waals surface area contributed by atoms with Gasteiger partial charge >= 0.3 is 5.97 Å². The highest BCUT2D eigenvalue weighted by Gasteiger charge is 2.37. The fraction of sp³-hybridized carbons (Fsp3) is 0.190. The van der Waals surface area contributed by atoms with E-state index in [4.69, 9.17) is 4.74 Å². The van der Waals surface area contributed by atoms with E-state index in [9.17, 15) is 24.0 Å². The van der Waals surface area contributed by atoms with Gasteiger partial charge in [0.25, 0.3) is 17.7 Å². The summed E-state index contributed by atoms with van der Waals surface area (Å²) < 4.78 is 5.06. The summed E-state index contributed by atoms with van der Waals surface area (Å²) in [7, 11) is 0. The van der Waals surface area contributed by atoms with Crippen LogP contribution in [0.3, 0.4) is 0 Å². The van der Waals surface area contributed by atoms with Crippen LogP contribution in [0.2, 0.25) is 0 Å². The van der Waals surface area contributed by atoms with Crippen molar-refractivity contribution in [1.82, 2.24) is 4.90 Å². The first-order valence-electron chi connectivity index (χ1n) is 8.84. The van der Waals surface area contributed by atoms with Gasteiger partial charge in [-0.05, 0) is 38.1 Å². The summed E-state index contributed by atoms with van der Waals surface area (Å²) in [5, 5.41) is 2.55. The third-order valence-electron chi connectivity index (χ3n) is 4.38. The van der Waals surface area contributed by atoms with Gasteiger partial charge in [-0.15, -0.1) is 0 Å². The number of carbonyl (C=O) groups excluding carboxylic acids is 5. The lowest BCUT2D eigenvalue weighted by Crippen LogP contribution is -2.38. The number of anilines is 1. The highest BCUT2D eigenvalue weighted by Crippen LogP contribution is 2.22. The van der Waals surface area contributed by atoms with Crippen LogP contribution in [0.1, 0.15) is 44.9 Å². The molecule has 0 bridgehead atoms. The molecule has 3 rings (SSSR count). The maximum Gasteiger partial charge on any atom is 0.326 e. The Bertz CT molecular complexity index is 994. The van der Waals surface area contributed by atoms with Crippen LogP contribution in [0.15, 0.2) is 48.5 Å². The molecule has 0 aromatic heterocycles. The van der Waals surface area contributed by atoms with Crippen LogP contribution >= 0.6 is 0 Å². The van der Waals surface area contributed by atoms with Gasteiger partial charge in [0.15, 0.2) is 11.9 Å². The lowest BCUT2D eigenvalue weighted by molar-refractivity contribution is -0.153. The van der Waals surface area contributed by atoms with Crippen molar-refractivity contribution in [3.63, 3.8) is 0 Å². The molecule has 2 aromatic rings. The van der Waals surface area contributed by atoms with Crippen molar-refractivity contribution >= 4 is 35.2 Å². The van der Waals surface area contributed by atoms with E-state index in [1.54, 1.807) is 30.3 Å². The number of ether oxygens (including phenoxy) is 1. The Balaban J connectivity index is 1.59. The van der Waals surface area contributed by atoms with Gasteiger partial charge in [-0.1, -0.05) is 24.3 Å². The summed E-state index contributed by atoms with van der Waals surface area (Å²) in [5.41, 5.74) is 1.26. The summed E-state index contributed by atoms with van der Waals surface area (Å²) in [6.45, 7) is 2.18. The molecule has 8 heteroatoms. The number of hydrogen-bond acceptors (Lipinski definition) is 6. The first-order chi connectivity index (χ1) is 13.8. The highest BCUT2D eigenvalue weighted by atomic mass is 16.5. The molecule has 0 spiro atoms. The minimum atomic E-state index is -1.17. The van der Waals surface area contributed by atoms with Crippen molar-refractivity contribution in [1.29, 1.82) is 0 Å². The summed E-state index contributed by atoms with van der Waals surface area (Å²) in [6, 6.07) is 12.6. The second-order valence-corrected chi connectivity index (χ2v) is 6.50. The lowest BCUT2D eigenvalue weighted by Gasteiger charge is -2.17. The van der Waals surface area contributed by atoms with E-state index in [0.717, 1.165) is 4.90 Å². The number of hydrogen-bond donors (Lipinski definition) is 1. The van der Waals surface area contributed by atoms with Gasteiger partial charge in [-0.25, -0.2) is 0 Å². The van der Waals surface area contributed by atoms with Gasteiger partial charge in [0.1, 0.15) is 6.54 Å². The number of imide groups is 1. The zero-order chi connectivity index (χ0) is 21.1. The number of amides is 3. The van der Waals surface area contributed by atoms with Crippen molar-refractivity contribution < 1.29 is 28.7 Å². The molecule has 0 aliphatic carbocycles. The maximum atomic E-state index is 12.3. The van der Waals surface area contributed by atoms with Gasteiger partial charge in [0.05, 0.1) is 11.1 Å². The van der Waals surface area contributed by atoms with E-state index in [1.807, 2.05) is 0 Å². The van der Waals surface area contributed by atoms with Gasteiger partial charge < -0.3 is 10.1 Å². The summed E-state index contributed by atoms with van der Waals surface area (Å²) >= 11 is 0. The molecule has 3 amide bonds. The minimum Gasteiger partial charge on any atom is -0.451 e. The third-order valence-corrected chi connectivity index (χ3v) is 4.38. The second-order valence-electron chi connectivity index (χ2n) is 6.50. The largest absolute Gasteiger partial charge is 0.451 e. The summed E-state index contributed by atoms with van der Waals surface area (Å²) in [6.07, 6.45) is -1.17. The summed E-state index contributed by atoms with van der Waals surface area (Å²) in [5.74, 6) is -2.82. The Morgan fingerprint density at radius 2 is 1.62 bits per heavy atom. The summed E-state index contributed by atoms with van der Waals surface area (Å²) in [4.78, 5) is 61.2. The fourth-order valence-electron chi connectivity index (χ4n) is 2.86. The molecule has 2 aromatic carbocycles. The number of ketones is 1. The quantitative estimate of drug-likeness (QED) is 0.456. The topological polar surface area (TPSA) is 110 Å². The maximum absolute atomic E-state index is 12.3. The van der Waals surface area contributed by atoms with Gasteiger partial charge in [-0.2, -0.15) is 0 Å². The molecule has 1 aliphatic heterocycles. The predicted octanol–water partition coefficient (Wildman–Crippen LogP) is 2.06. The molecule has 8 nitrogen and oxygen atoms in total. The number of nitrogens with one attached hydrogen (secondary N) is 1. The monoisotopic (exact) mass is 394 g/mol. The number of Topliss-reactive ketones (excluding diaryl/α,β-unsaturated/α-hetero) is 1. The molecule has 0 radical (unpaired) electrons. The predicted molar refractivity (Wildman–Crippen MR) is 102 cm³/mol. The van der Waals surface area contributed by atoms with E-state index in [-0.39, 0.29) is 16.9 Å². The standard InChI is InChI=1S/C21H18N2O6/c1-12(24)14-6-5-7-15(10-14)22-19(26)13(2)29-18(25)11-23-20(27)16-8-3-4-9-17(16)21(23)28/h3-10,13H,11H2,1-2H3,(H,22,26)/t13-/m1/s1. The van der Waals surface area contributed by atoms with Gasteiger partial charge in [-0.3, -0.25) is 28.9 Å². The van der Waals surface area contributed by atoms with Crippen molar-refractivity contribution in [3.05, 3.63) is 65.2 Å². The molecule has 0 fully saturated rings. The molecular formula is C21H18N2O6. The number of esters is 1. The van der Waals surface area contributed by atoms with E-state index in [2.05, 4.69) is 5.32 Å². The molecule has 1 atom stereocenters. The number of benzene rings is 2. The Morgan fingerprint density at radius 1 is 1.00 bits per heavy atom. The molecule has 29 heavy (non-hydrogen) atoms. The number of carbonyl (C=O) groups is 5. The van der Waals surface area contributed by atoms with Crippen molar-refractivity contribution in [2.24, 2.45) is 0 Å². The molecule has 0 unspecified atom stereocenters. The molecule has 0 saturated carbocycles. The smallest absolute Gasteiger partial charge is 0.326 e. The molecular weight excluding hydrogens is 376 g/mol. The third kappa shape index (κ3) is 4.21. The van der Waals surface area contributed by atoms with Crippen LogP contribution < -0.4 is 5.32 Å². The fourth-order valence-corrected chi connectivity index (χ4v) is 2.86. The van der Waals surface area contributed by atoms with Crippen LogP contribution in [0.5, 0.6) is 0 Å². The Hall–Kier alpha value is -3.81. The first-order valence-corrected chi connectivity index (χ1v) is 8.84. The van der Waals surface area contributed by atoms with Crippen LogP contribution in [-0.4, -0.2) is 47.0 Å². The van der Waals surface area contributed by atoms with E-state index in [0.29, 0.717) is 11.3 Å². The van der Waals surface area contributed by atoms with Gasteiger partial charge in [0.2, 0.25) is 0 Å². The Kier molecular flexibility index (Phi) is 5.54. The molecule has 1 N–H and O–H groups in total. The average Bonchev–Trinajstić information content (AvgIpc) is 2.93. The van der Waals surface area contributed by atoms with E-state index < -0.39 is 36.3 Å². The Labute approximate surface area is 166 Å². The minimum absolute atomic E-state index is 0.151. The van der Waals surface area contributed by atoms with Crippen molar-refractivity contribution in [3.8, 4) is 0 Å². The lowest BCUT2D eigenvalue weighted by atomic mass is 10.1. The Morgan fingerprint density at radius 3 is 2.21 bits per heavy atom. The SMILES string of the molecule is CC(=O)c1cccc(NC(=O)[C@@H](C)OC(=O)CN2C(=O)c3ccccc3C2=O)c1.